The third kappa shape index (κ3) is 3.29. The van der Waals surface area contributed by atoms with Gasteiger partial charge in [0, 0.05) is 6.54 Å². The molecule has 1 aliphatic heterocycles. The normalized spacial score (nSPS) is 14.6. The Kier molecular flexibility index (Phi) is 4.46. The van der Waals surface area contributed by atoms with Gasteiger partial charge in [0.15, 0.2) is 11.5 Å². The van der Waals surface area contributed by atoms with E-state index < -0.39 is 6.09 Å². The van der Waals surface area contributed by atoms with Crippen molar-refractivity contribution >= 4 is 6.09 Å². The van der Waals surface area contributed by atoms with Gasteiger partial charge in [-0.15, -0.1) is 0 Å². The van der Waals surface area contributed by atoms with Crippen molar-refractivity contribution in [1.82, 2.24) is 5.32 Å². The Balaban J connectivity index is 2.12. The van der Waals surface area contributed by atoms with Crippen LogP contribution in [0.15, 0.2) is 18.2 Å². The zero-order chi connectivity index (χ0) is 13.7. The highest BCUT2D eigenvalue weighted by atomic mass is 16.6. The fourth-order valence-electron chi connectivity index (χ4n) is 1.87. The first-order valence-corrected chi connectivity index (χ1v) is 6.27. The van der Waals surface area contributed by atoms with Gasteiger partial charge in [0.05, 0.1) is 12.6 Å². The third-order valence-electron chi connectivity index (χ3n) is 2.77. The third-order valence-corrected chi connectivity index (χ3v) is 2.77. The summed E-state index contributed by atoms with van der Waals surface area (Å²) in [6, 6.07) is 5.20. The van der Waals surface area contributed by atoms with Crippen LogP contribution in [0.25, 0.3) is 0 Å². The Morgan fingerprint density at radius 3 is 2.84 bits per heavy atom. The van der Waals surface area contributed by atoms with Gasteiger partial charge in [-0.1, -0.05) is 6.07 Å². The predicted molar refractivity (Wildman–Crippen MR) is 69.4 cm³/mol. The number of carbonyl (C=O) groups excluding carboxylic acids is 1. The number of alkyl carbamates (subject to hydrolysis) is 1. The molecule has 1 heterocycles. The highest BCUT2D eigenvalue weighted by Crippen LogP contribution is 2.32. The average molecular weight is 266 g/mol. The zero-order valence-electron chi connectivity index (χ0n) is 10.8. The summed E-state index contributed by atoms with van der Waals surface area (Å²) in [4.78, 5) is 11.4. The first-order valence-electron chi connectivity index (χ1n) is 6.27. The van der Waals surface area contributed by atoms with E-state index in [9.17, 15) is 4.79 Å². The van der Waals surface area contributed by atoms with Crippen molar-refractivity contribution in [1.29, 1.82) is 0 Å². The Bertz CT molecular complexity index is 450. The van der Waals surface area contributed by atoms with Crippen LogP contribution >= 0.6 is 0 Å². The number of fused-ring (bicyclic) bond motifs is 1. The smallest absolute Gasteiger partial charge is 0.407 e. The number of hydrogen-bond donors (Lipinski definition) is 2. The fraction of sp³-hybridized carbons (Fsp3) is 0.462. The lowest BCUT2D eigenvalue weighted by Gasteiger charge is -2.22. The van der Waals surface area contributed by atoms with Crippen LogP contribution in [0.3, 0.4) is 0 Å². The number of ether oxygens (including phenoxy) is 3. The molecule has 19 heavy (non-hydrogen) atoms. The van der Waals surface area contributed by atoms with E-state index in [0.29, 0.717) is 31.3 Å². The molecule has 1 atom stereocenters. The van der Waals surface area contributed by atoms with Gasteiger partial charge in [-0.3, -0.25) is 0 Å². The van der Waals surface area contributed by atoms with Crippen molar-refractivity contribution in [3.05, 3.63) is 23.8 Å². The summed E-state index contributed by atoms with van der Waals surface area (Å²) >= 11 is 0. The molecule has 1 aromatic carbocycles. The molecule has 0 saturated carbocycles. The van der Waals surface area contributed by atoms with E-state index >= 15 is 0 Å². The summed E-state index contributed by atoms with van der Waals surface area (Å²) in [6.45, 7) is 3.42. The molecule has 0 aromatic heterocycles. The first-order chi connectivity index (χ1) is 9.24. The lowest BCUT2D eigenvalue weighted by Crippen LogP contribution is -2.33. The van der Waals surface area contributed by atoms with Crippen LogP contribution in [-0.4, -0.2) is 32.5 Å². The fourth-order valence-corrected chi connectivity index (χ4v) is 1.87. The van der Waals surface area contributed by atoms with E-state index in [2.05, 4.69) is 5.32 Å². The summed E-state index contributed by atoms with van der Waals surface area (Å²) in [5, 5.41) is 2.71. The summed E-state index contributed by atoms with van der Waals surface area (Å²) in [5.41, 5.74) is 6.54. The number of carbonyl (C=O) groups is 1. The van der Waals surface area contributed by atoms with E-state index in [4.69, 9.17) is 19.9 Å². The maximum absolute atomic E-state index is 11.4. The quantitative estimate of drug-likeness (QED) is 0.855. The largest absolute Gasteiger partial charge is 0.486 e. The minimum Gasteiger partial charge on any atom is -0.486 e. The molecule has 0 bridgehead atoms. The average Bonchev–Trinajstić information content (AvgIpc) is 2.44. The molecule has 1 unspecified atom stereocenters. The SMILES string of the molecule is CCOC(=O)NC(CN)c1ccc2c(c1)OCCO2. The second kappa shape index (κ2) is 6.29. The van der Waals surface area contributed by atoms with Gasteiger partial charge in [0.1, 0.15) is 13.2 Å². The number of nitrogens with one attached hydrogen (secondary N) is 1. The van der Waals surface area contributed by atoms with E-state index in [-0.39, 0.29) is 12.6 Å². The molecule has 0 radical (unpaired) electrons. The van der Waals surface area contributed by atoms with Crippen LogP contribution < -0.4 is 20.5 Å². The summed E-state index contributed by atoms with van der Waals surface area (Å²) < 4.78 is 15.8. The highest BCUT2D eigenvalue weighted by molar-refractivity contribution is 5.68. The van der Waals surface area contributed by atoms with Gasteiger partial charge in [-0.25, -0.2) is 4.79 Å². The van der Waals surface area contributed by atoms with Crippen molar-refractivity contribution < 1.29 is 19.0 Å². The lowest BCUT2D eigenvalue weighted by atomic mass is 10.1. The van der Waals surface area contributed by atoms with Crippen molar-refractivity contribution in [2.45, 2.75) is 13.0 Å². The van der Waals surface area contributed by atoms with Crippen molar-refractivity contribution in [3.8, 4) is 11.5 Å². The van der Waals surface area contributed by atoms with Crippen LogP contribution in [0.1, 0.15) is 18.5 Å². The summed E-state index contributed by atoms with van der Waals surface area (Å²) in [7, 11) is 0. The molecule has 3 N–H and O–H groups in total. The topological polar surface area (TPSA) is 82.8 Å². The van der Waals surface area contributed by atoms with Crippen molar-refractivity contribution in [3.63, 3.8) is 0 Å². The second-order valence-corrected chi connectivity index (χ2v) is 4.06. The van der Waals surface area contributed by atoms with Gasteiger partial charge in [-0.2, -0.15) is 0 Å². The maximum Gasteiger partial charge on any atom is 0.407 e. The maximum atomic E-state index is 11.4. The molecule has 6 nitrogen and oxygen atoms in total. The Morgan fingerprint density at radius 2 is 2.16 bits per heavy atom. The molecule has 0 fully saturated rings. The second-order valence-electron chi connectivity index (χ2n) is 4.06. The summed E-state index contributed by atoms with van der Waals surface area (Å²) in [6.07, 6.45) is -0.479. The van der Waals surface area contributed by atoms with Gasteiger partial charge in [-0.05, 0) is 24.6 Å². The van der Waals surface area contributed by atoms with Gasteiger partial charge in [0.2, 0.25) is 0 Å². The first kappa shape index (κ1) is 13.5. The molecular weight excluding hydrogens is 248 g/mol. The summed E-state index contributed by atoms with van der Waals surface area (Å²) in [5.74, 6) is 1.38. The minimum atomic E-state index is -0.479. The van der Waals surface area contributed by atoms with E-state index in [1.54, 1.807) is 6.92 Å². The number of hydrogen-bond acceptors (Lipinski definition) is 5. The molecule has 104 valence electrons. The van der Waals surface area contributed by atoms with Gasteiger partial charge in [0.25, 0.3) is 0 Å². The molecule has 1 amide bonds. The monoisotopic (exact) mass is 266 g/mol. The Hall–Kier alpha value is -1.95. The number of benzene rings is 1. The van der Waals surface area contributed by atoms with Gasteiger partial charge < -0.3 is 25.3 Å². The van der Waals surface area contributed by atoms with Crippen molar-refractivity contribution in [2.75, 3.05) is 26.4 Å². The van der Waals surface area contributed by atoms with E-state index in [1.807, 2.05) is 18.2 Å². The molecule has 1 aromatic rings. The Morgan fingerprint density at radius 1 is 1.42 bits per heavy atom. The number of rotatable bonds is 4. The van der Waals surface area contributed by atoms with Gasteiger partial charge >= 0.3 is 6.09 Å². The molecule has 1 aliphatic rings. The van der Waals surface area contributed by atoms with Crippen LogP contribution in [0, 0.1) is 0 Å². The van der Waals surface area contributed by atoms with E-state index in [1.165, 1.54) is 0 Å². The Labute approximate surface area is 111 Å². The molecular formula is C13H18N2O4. The standard InChI is InChI=1S/C13H18N2O4/c1-2-17-13(16)15-10(8-14)9-3-4-11-12(7-9)19-6-5-18-11/h3-4,7,10H,2,5-6,8,14H2,1H3,(H,15,16). The number of nitrogens with two attached hydrogens (primary N) is 1. The van der Waals surface area contributed by atoms with E-state index in [0.717, 1.165) is 5.56 Å². The lowest BCUT2D eigenvalue weighted by molar-refractivity contribution is 0.148. The van der Waals surface area contributed by atoms with Crippen LogP contribution in [-0.2, 0) is 4.74 Å². The predicted octanol–water partition coefficient (Wildman–Crippen LogP) is 1.20. The molecule has 2 rings (SSSR count). The number of amides is 1. The molecule has 6 heteroatoms. The minimum absolute atomic E-state index is 0.276. The molecule has 0 aliphatic carbocycles. The molecule has 0 saturated heterocycles. The zero-order valence-corrected chi connectivity index (χ0v) is 10.8. The van der Waals surface area contributed by atoms with Crippen molar-refractivity contribution in [2.24, 2.45) is 5.73 Å². The highest BCUT2D eigenvalue weighted by Gasteiger charge is 2.18. The van der Waals surface area contributed by atoms with Crippen LogP contribution in [0.2, 0.25) is 0 Å². The van der Waals surface area contributed by atoms with Crippen LogP contribution in [0.4, 0.5) is 4.79 Å². The molecule has 0 spiro atoms. The van der Waals surface area contributed by atoms with Crippen LogP contribution in [0.5, 0.6) is 11.5 Å².